The highest BCUT2D eigenvalue weighted by Gasteiger charge is 2.29. The lowest BCUT2D eigenvalue weighted by Gasteiger charge is -2.33. The Balaban J connectivity index is 1.60. The van der Waals surface area contributed by atoms with E-state index in [1.807, 2.05) is 39.8 Å². The summed E-state index contributed by atoms with van der Waals surface area (Å²) in [4.78, 5) is 24.4. The van der Waals surface area contributed by atoms with Gasteiger partial charge in [0.2, 0.25) is 11.6 Å². The number of aryl methyl sites for hydroxylation is 4. The lowest BCUT2D eigenvalue weighted by Crippen LogP contribution is -2.41. The Morgan fingerprint density at radius 1 is 1.14 bits per heavy atom. The van der Waals surface area contributed by atoms with E-state index < -0.39 is 0 Å². The van der Waals surface area contributed by atoms with Crippen molar-refractivity contribution in [2.45, 2.75) is 47.5 Å². The number of aromatic nitrogens is 2. The molecule has 1 aliphatic heterocycles. The number of carbonyl (C=O) groups excluding carboxylic acids is 1. The number of nitrogens with zero attached hydrogens (tertiary/aromatic N) is 3. The number of fused-ring (bicyclic) bond motifs is 1. The van der Waals surface area contributed by atoms with E-state index in [-0.39, 0.29) is 11.8 Å². The average Bonchev–Trinajstić information content (AvgIpc) is 2.98. The molecule has 1 fully saturated rings. The van der Waals surface area contributed by atoms with E-state index in [2.05, 4.69) is 28.2 Å². The van der Waals surface area contributed by atoms with Crippen LogP contribution >= 0.6 is 0 Å². The summed E-state index contributed by atoms with van der Waals surface area (Å²) < 4.78 is 5.83. The van der Waals surface area contributed by atoms with Gasteiger partial charge in [-0.1, -0.05) is 12.1 Å². The van der Waals surface area contributed by atoms with Gasteiger partial charge in [-0.05, 0) is 64.7 Å². The predicted octanol–water partition coefficient (Wildman–Crippen LogP) is 4.62. The molecule has 0 spiro atoms. The number of benzene rings is 1. The molecular formula is C23H28N4O2. The van der Waals surface area contributed by atoms with Crippen molar-refractivity contribution in [1.82, 2.24) is 9.97 Å². The molecule has 0 bridgehead atoms. The van der Waals surface area contributed by atoms with Crippen molar-refractivity contribution in [3.8, 4) is 0 Å². The third-order valence-corrected chi connectivity index (χ3v) is 6.08. The molecule has 29 heavy (non-hydrogen) atoms. The fourth-order valence-electron chi connectivity index (χ4n) is 4.07. The topological polar surface area (TPSA) is 71.3 Å². The Morgan fingerprint density at radius 2 is 1.93 bits per heavy atom. The Hall–Kier alpha value is -2.89. The largest absolute Gasteiger partial charge is 0.443 e. The molecule has 0 saturated carbocycles. The Labute approximate surface area is 171 Å². The van der Waals surface area contributed by atoms with Crippen LogP contribution in [0.1, 0.15) is 41.1 Å². The van der Waals surface area contributed by atoms with Crippen LogP contribution in [0.3, 0.4) is 0 Å². The lowest BCUT2D eigenvalue weighted by molar-refractivity contribution is -0.120. The molecule has 1 unspecified atom stereocenters. The first kappa shape index (κ1) is 19.4. The normalized spacial score (nSPS) is 17.0. The van der Waals surface area contributed by atoms with Crippen molar-refractivity contribution in [2.75, 3.05) is 23.3 Å². The molecule has 152 valence electrons. The maximum Gasteiger partial charge on any atom is 0.231 e. The number of furan rings is 1. The Morgan fingerprint density at radius 3 is 2.72 bits per heavy atom. The molecule has 2 aromatic heterocycles. The van der Waals surface area contributed by atoms with Gasteiger partial charge in [-0.15, -0.1) is 0 Å². The summed E-state index contributed by atoms with van der Waals surface area (Å²) in [7, 11) is 0. The molecule has 1 aromatic carbocycles. The molecule has 1 aliphatic rings. The minimum atomic E-state index is -0.0812. The van der Waals surface area contributed by atoms with Crippen molar-refractivity contribution in [2.24, 2.45) is 5.92 Å². The number of piperidine rings is 1. The smallest absolute Gasteiger partial charge is 0.231 e. The van der Waals surface area contributed by atoms with Gasteiger partial charge in [0.05, 0.1) is 11.3 Å². The lowest BCUT2D eigenvalue weighted by atomic mass is 9.96. The first-order chi connectivity index (χ1) is 13.8. The molecule has 1 amide bonds. The number of nitrogens with one attached hydrogen (secondary N) is 1. The minimum Gasteiger partial charge on any atom is -0.443 e. The number of hydrogen-bond acceptors (Lipinski definition) is 5. The third kappa shape index (κ3) is 3.59. The van der Waals surface area contributed by atoms with E-state index in [1.54, 1.807) is 0 Å². The van der Waals surface area contributed by atoms with Crippen molar-refractivity contribution in [3.63, 3.8) is 0 Å². The summed E-state index contributed by atoms with van der Waals surface area (Å²) in [6, 6.07) is 6.01. The fraction of sp³-hybridized carbons (Fsp3) is 0.435. The summed E-state index contributed by atoms with van der Waals surface area (Å²) in [6.45, 7) is 11.5. The zero-order valence-electron chi connectivity index (χ0n) is 17.8. The highest BCUT2D eigenvalue weighted by molar-refractivity contribution is 5.95. The van der Waals surface area contributed by atoms with Gasteiger partial charge in [-0.2, -0.15) is 4.98 Å². The molecule has 4 rings (SSSR count). The first-order valence-electron chi connectivity index (χ1n) is 10.2. The van der Waals surface area contributed by atoms with Gasteiger partial charge in [0.15, 0.2) is 0 Å². The maximum atomic E-state index is 13.0. The van der Waals surface area contributed by atoms with Crippen LogP contribution < -0.4 is 10.2 Å². The van der Waals surface area contributed by atoms with Crippen LogP contribution in [0.2, 0.25) is 0 Å². The van der Waals surface area contributed by atoms with E-state index in [0.29, 0.717) is 18.1 Å². The van der Waals surface area contributed by atoms with Gasteiger partial charge in [0.1, 0.15) is 17.4 Å². The molecular weight excluding hydrogens is 364 g/mol. The molecule has 1 atom stereocenters. The van der Waals surface area contributed by atoms with Crippen LogP contribution in [0.4, 0.5) is 11.5 Å². The van der Waals surface area contributed by atoms with Gasteiger partial charge in [-0.25, -0.2) is 4.98 Å². The average molecular weight is 393 g/mol. The number of hydrogen-bond donors (Lipinski definition) is 1. The second kappa shape index (κ2) is 7.50. The minimum absolute atomic E-state index is 0.0746. The van der Waals surface area contributed by atoms with Crippen molar-refractivity contribution in [1.29, 1.82) is 0 Å². The number of anilines is 2. The van der Waals surface area contributed by atoms with Crippen molar-refractivity contribution < 1.29 is 9.21 Å². The zero-order valence-corrected chi connectivity index (χ0v) is 17.8. The quantitative estimate of drug-likeness (QED) is 0.704. The van der Waals surface area contributed by atoms with Gasteiger partial charge in [0.25, 0.3) is 0 Å². The molecule has 0 radical (unpaired) electrons. The van der Waals surface area contributed by atoms with Crippen molar-refractivity contribution in [3.05, 3.63) is 46.5 Å². The number of amides is 1. The van der Waals surface area contributed by atoms with E-state index in [9.17, 15) is 4.79 Å². The van der Waals surface area contributed by atoms with E-state index in [0.717, 1.165) is 53.2 Å². The van der Waals surface area contributed by atoms with Crippen molar-refractivity contribution >= 4 is 28.5 Å². The zero-order chi connectivity index (χ0) is 20.7. The molecule has 3 heterocycles. The predicted molar refractivity (Wildman–Crippen MR) is 115 cm³/mol. The molecule has 6 heteroatoms. The molecule has 6 nitrogen and oxygen atoms in total. The highest BCUT2D eigenvalue weighted by atomic mass is 16.3. The maximum absolute atomic E-state index is 13.0. The van der Waals surface area contributed by atoms with Crippen LogP contribution in [0.5, 0.6) is 0 Å². The summed E-state index contributed by atoms with van der Waals surface area (Å²) >= 11 is 0. The van der Waals surface area contributed by atoms with Crippen LogP contribution in [-0.4, -0.2) is 29.0 Å². The Bertz CT molecular complexity index is 1090. The van der Waals surface area contributed by atoms with Crippen LogP contribution in [0, 0.1) is 40.5 Å². The van der Waals surface area contributed by atoms with Crippen LogP contribution in [-0.2, 0) is 4.79 Å². The fourth-order valence-corrected chi connectivity index (χ4v) is 4.07. The van der Waals surface area contributed by atoms with E-state index >= 15 is 0 Å². The summed E-state index contributed by atoms with van der Waals surface area (Å²) in [6.07, 6.45) is 1.83. The van der Waals surface area contributed by atoms with E-state index in [1.165, 1.54) is 5.56 Å². The molecule has 1 saturated heterocycles. The monoisotopic (exact) mass is 392 g/mol. The summed E-state index contributed by atoms with van der Waals surface area (Å²) in [5.74, 6) is 2.42. The molecule has 3 aromatic rings. The number of carbonyl (C=O) groups is 1. The second-order valence-electron chi connectivity index (χ2n) is 8.08. The summed E-state index contributed by atoms with van der Waals surface area (Å²) in [5, 5.41) is 4.10. The van der Waals surface area contributed by atoms with E-state index in [4.69, 9.17) is 9.40 Å². The van der Waals surface area contributed by atoms with Crippen LogP contribution in [0.25, 0.3) is 11.1 Å². The van der Waals surface area contributed by atoms with Gasteiger partial charge in [0, 0.05) is 24.3 Å². The highest BCUT2D eigenvalue weighted by Crippen LogP contribution is 2.33. The molecule has 0 aliphatic carbocycles. The molecule has 1 N–H and O–H groups in total. The summed E-state index contributed by atoms with van der Waals surface area (Å²) in [5.41, 5.74) is 4.89. The van der Waals surface area contributed by atoms with Gasteiger partial charge in [-0.3, -0.25) is 4.79 Å². The standard InChI is InChI=1S/C23H28N4O2/c1-13-8-6-10-19(14(13)2)26-22(28)18-9-7-11-27(12-18)21-20-15(3)16(4)29-23(20)25-17(5)24-21/h6,8,10,18H,7,9,11-12H2,1-5H3,(H,26,28). The second-order valence-corrected chi connectivity index (χ2v) is 8.08. The number of rotatable bonds is 3. The first-order valence-corrected chi connectivity index (χ1v) is 10.2. The SMILES string of the molecule is Cc1nc(N2CCCC(C(=O)Nc3cccc(C)c3C)C2)c2c(C)c(C)oc2n1. The van der Waals surface area contributed by atoms with Gasteiger partial charge < -0.3 is 14.6 Å². The third-order valence-electron chi connectivity index (χ3n) is 6.08. The Kier molecular flexibility index (Phi) is 5.03. The van der Waals surface area contributed by atoms with Gasteiger partial charge >= 0.3 is 0 Å². The van der Waals surface area contributed by atoms with Crippen LogP contribution in [0.15, 0.2) is 22.6 Å².